The van der Waals surface area contributed by atoms with E-state index in [0.717, 1.165) is 0 Å². The summed E-state index contributed by atoms with van der Waals surface area (Å²) in [5.41, 5.74) is 1.32. The van der Waals surface area contributed by atoms with Gasteiger partial charge in [0, 0.05) is 6.07 Å². The van der Waals surface area contributed by atoms with Crippen molar-refractivity contribution in [2.45, 2.75) is 6.61 Å². The molecule has 1 heterocycles. The van der Waals surface area contributed by atoms with Crippen molar-refractivity contribution < 1.29 is 23.0 Å². The number of aromatic amines is 1. The Labute approximate surface area is 164 Å². The second kappa shape index (κ2) is 8.61. The van der Waals surface area contributed by atoms with Crippen LogP contribution in [0.5, 0.6) is 17.2 Å². The van der Waals surface area contributed by atoms with Crippen molar-refractivity contribution in [2.24, 2.45) is 5.10 Å². The van der Waals surface area contributed by atoms with Gasteiger partial charge in [0.2, 0.25) is 4.77 Å². The Bertz CT molecular complexity index is 1030. The number of aromatic nitrogens is 3. The van der Waals surface area contributed by atoms with E-state index in [1.165, 1.54) is 30.1 Å². The lowest BCUT2D eigenvalue weighted by molar-refractivity contribution is -0.0498. The number of ether oxygens (including phenoxy) is 3. The van der Waals surface area contributed by atoms with Gasteiger partial charge in [-0.25, -0.2) is 5.10 Å². The molecule has 0 aliphatic rings. The number of alkyl halides is 2. The Morgan fingerprint density at radius 3 is 2.46 bits per heavy atom. The third-order valence-corrected chi connectivity index (χ3v) is 3.99. The van der Waals surface area contributed by atoms with E-state index in [1.807, 2.05) is 0 Å². The molecule has 10 heteroatoms. The molecule has 1 aromatic heterocycles. The smallest absolute Gasteiger partial charge is 0.387 e. The van der Waals surface area contributed by atoms with Crippen LogP contribution < -0.4 is 14.2 Å². The number of halogens is 2. The number of hydrogen-bond acceptors (Lipinski definition) is 6. The van der Waals surface area contributed by atoms with Crippen molar-refractivity contribution in [3.63, 3.8) is 0 Å². The fraction of sp³-hybridized carbons (Fsp3) is 0.167. The Morgan fingerprint density at radius 1 is 1.11 bits per heavy atom. The zero-order valence-electron chi connectivity index (χ0n) is 14.9. The number of nitrogens with one attached hydrogen (secondary N) is 1. The minimum absolute atomic E-state index is 0.0655. The van der Waals surface area contributed by atoms with Crippen LogP contribution in [0.2, 0.25) is 0 Å². The largest absolute Gasteiger partial charge is 0.497 e. The molecule has 0 fully saturated rings. The molecule has 0 amide bonds. The third kappa shape index (κ3) is 4.34. The fourth-order valence-corrected chi connectivity index (χ4v) is 2.60. The summed E-state index contributed by atoms with van der Waals surface area (Å²) in [4.78, 5) is 0. The molecule has 0 unspecified atom stereocenters. The topological polar surface area (TPSA) is 73.7 Å². The molecule has 3 aromatic rings. The average Bonchev–Trinajstić information content (AvgIpc) is 3.06. The molecule has 3 rings (SSSR count). The van der Waals surface area contributed by atoms with Gasteiger partial charge in [0.05, 0.1) is 26.0 Å². The first-order valence-electron chi connectivity index (χ1n) is 8.01. The second-order valence-electron chi connectivity index (χ2n) is 5.42. The van der Waals surface area contributed by atoms with Crippen molar-refractivity contribution in [1.82, 2.24) is 14.9 Å². The maximum absolute atomic E-state index is 12.2. The molecule has 0 spiro atoms. The van der Waals surface area contributed by atoms with E-state index in [9.17, 15) is 8.78 Å². The first-order chi connectivity index (χ1) is 13.5. The molecule has 1 N–H and O–H groups in total. The number of H-pyrrole nitrogens is 1. The number of hydrogen-bond donors (Lipinski definition) is 1. The highest BCUT2D eigenvalue weighted by Gasteiger charge is 2.14. The molecular formula is C18H16F2N4O3S. The lowest BCUT2D eigenvalue weighted by Gasteiger charge is -2.09. The fourth-order valence-electron chi connectivity index (χ4n) is 2.42. The van der Waals surface area contributed by atoms with Crippen molar-refractivity contribution >= 4 is 18.4 Å². The third-order valence-electron chi connectivity index (χ3n) is 3.73. The lowest BCUT2D eigenvalue weighted by Crippen LogP contribution is -2.01. The summed E-state index contributed by atoms with van der Waals surface area (Å²) >= 11 is 5.25. The number of benzene rings is 2. The standard InChI is InChI=1S/C18H16F2N4O3S/c1-25-13-7-8-14(15(9-13)26-2)16-22-23-18(28)24(16)21-10-11-3-5-12(6-4-11)27-17(19)20/h3-10,17H,1-2H3,(H,23,28)/b21-10-. The van der Waals surface area contributed by atoms with Gasteiger partial charge in [0.25, 0.3) is 0 Å². The number of rotatable bonds is 7. The highest BCUT2D eigenvalue weighted by Crippen LogP contribution is 2.32. The summed E-state index contributed by atoms with van der Waals surface area (Å²) in [7, 11) is 3.10. The van der Waals surface area contributed by atoms with Gasteiger partial charge in [-0.15, -0.1) is 0 Å². The van der Waals surface area contributed by atoms with Crippen molar-refractivity contribution in [3.05, 3.63) is 52.8 Å². The molecular weight excluding hydrogens is 390 g/mol. The van der Waals surface area contributed by atoms with Gasteiger partial charge in [-0.2, -0.15) is 23.7 Å². The van der Waals surface area contributed by atoms with Crippen LogP contribution in [0.1, 0.15) is 5.56 Å². The first kappa shape index (κ1) is 19.5. The Hall–Kier alpha value is -3.27. The molecule has 0 atom stereocenters. The summed E-state index contributed by atoms with van der Waals surface area (Å²) in [5, 5.41) is 11.3. The summed E-state index contributed by atoms with van der Waals surface area (Å²) in [6.45, 7) is -2.87. The average molecular weight is 406 g/mol. The van der Waals surface area contributed by atoms with E-state index in [2.05, 4.69) is 20.0 Å². The first-order valence-corrected chi connectivity index (χ1v) is 8.41. The van der Waals surface area contributed by atoms with Crippen LogP contribution >= 0.6 is 12.2 Å². The van der Waals surface area contributed by atoms with E-state index in [4.69, 9.17) is 21.7 Å². The summed E-state index contributed by atoms with van der Waals surface area (Å²) < 4.78 is 41.1. The van der Waals surface area contributed by atoms with Crippen LogP contribution in [-0.4, -0.2) is 41.9 Å². The van der Waals surface area contributed by atoms with E-state index in [0.29, 0.717) is 28.5 Å². The molecule has 0 radical (unpaired) electrons. The molecule has 0 saturated carbocycles. The molecule has 0 aliphatic heterocycles. The minimum Gasteiger partial charge on any atom is -0.497 e. The van der Waals surface area contributed by atoms with Gasteiger partial charge in [0.15, 0.2) is 5.82 Å². The number of methoxy groups -OCH3 is 2. The maximum Gasteiger partial charge on any atom is 0.387 e. The van der Waals surface area contributed by atoms with Gasteiger partial charge in [-0.1, -0.05) is 0 Å². The van der Waals surface area contributed by atoms with E-state index in [-0.39, 0.29) is 10.5 Å². The van der Waals surface area contributed by atoms with Gasteiger partial charge >= 0.3 is 6.61 Å². The SMILES string of the molecule is COc1ccc(-c2n[nH]c(=S)n2/N=C\c2ccc(OC(F)F)cc2)c(OC)c1. The van der Waals surface area contributed by atoms with Gasteiger partial charge in [0.1, 0.15) is 17.2 Å². The van der Waals surface area contributed by atoms with Gasteiger partial charge in [-0.3, -0.25) is 0 Å². The van der Waals surface area contributed by atoms with Crippen molar-refractivity contribution in [2.75, 3.05) is 14.2 Å². The predicted molar refractivity (Wildman–Crippen MR) is 102 cm³/mol. The zero-order valence-corrected chi connectivity index (χ0v) is 15.7. The van der Waals surface area contributed by atoms with Gasteiger partial charge < -0.3 is 14.2 Å². The van der Waals surface area contributed by atoms with Crippen molar-refractivity contribution in [3.8, 4) is 28.6 Å². The molecule has 28 heavy (non-hydrogen) atoms. The van der Waals surface area contributed by atoms with Crippen LogP contribution in [0.3, 0.4) is 0 Å². The lowest BCUT2D eigenvalue weighted by atomic mass is 10.2. The minimum atomic E-state index is -2.87. The van der Waals surface area contributed by atoms with Crippen LogP contribution in [-0.2, 0) is 0 Å². The van der Waals surface area contributed by atoms with Crippen LogP contribution in [0.25, 0.3) is 11.4 Å². The molecule has 0 bridgehead atoms. The molecule has 0 saturated heterocycles. The molecule has 2 aromatic carbocycles. The molecule has 0 aliphatic carbocycles. The summed E-state index contributed by atoms with van der Waals surface area (Å²) in [6.07, 6.45) is 1.52. The number of nitrogens with zero attached hydrogens (tertiary/aromatic N) is 3. The highest BCUT2D eigenvalue weighted by atomic mass is 32.1. The molecule has 146 valence electrons. The second-order valence-corrected chi connectivity index (χ2v) is 5.81. The normalized spacial score (nSPS) is 11.2. The van der Waals surface area contributed by atoms with Crippen LogP contribution in [0.15, 0.2) is 47.6 Å². The monoisotopic (exact) mass is 406 g/mol. The predicted octanol–water partition coefficient (Wildman–Crippen LogP) is 4.11. The Morgan fingerprint density at radius 2 is 1.82 bits per heavy atom. The van der Waals surface area contributed by atoms with Crippen LogP contribution in [0.4, 0.5) is 8.78 Å². The Balaban J connectivity index is 1.92. The zero-order chi connectivity index (χ0) is 20.1. The van der Waals surface area contributed by atoms with E-state index < -0.39 is 6.61 Å². The highest BCUT2D eigenvalue weighted by molar-refractivity contribution is 7.71. The summed E-state index contributed by atoms with van der Waals surface area (Å²) in [6, 6.07) is 11.3. The Kier molecular flexibility index (Phi) is 5.99. The maximum atomic E-state index is 12.2. The van der Waals surface area contributed by atoms with E-state index in [1.54, 1.807) is 37.4 Å². The van der Waals surface area contributed by atoms with E-state index >= 15 is 0 Å². The van der Waals surface area contributed by atoms with Crippen LogP contribution in [0, 0.1) is 4.77 Å². The molecule has 7 nitrogen and oxygen atoms in total. The quantitative estimate of drug-likeness (QED) is 0.472. The van der Waals surface area contributed by atoms with Gasteiger partial charge in [-0.05, 0) is 54.2 Å². The summed E-state index contributed by atoms with van der Waals surface area (Å²) in [5.74, 6) is 1.68. The van der Waals surface area contributed by atoms with Crippen molar-refractivity contribution in [1.29, 1.82) is 0 Å².